The smallest absolute Gasteiger partial charge is 0.316 e. The van der Waals surface area contributed by atoms with E-state index in [1.807, 2.05) is 18.2 Å². The topological polar surface area (TPSA) is 29.1 Å². The summed E-state index contributed by atoms with van der Waals surface area (Å²) in [7, 11) is 0. The van der Waals surface area contributed by atoms with Crippen LogP contribution in [-0.4, -0.2) is 18.9 Å². The average molecular weight is 347 g/mol. The second kappa shape index (κ2) is 7.40. The van der Waals surface area contributed by atoms with E-state index in [2.05, 4.69) is 5.32 Å². The van der Waals surface area contributed by atoms with Gasteiger partial charge in [-0.3, -0.25) is 4.79 Å². The Kier molecular flexibility index (Phi) is 5.23. The third-order valence-corrected chi connectivity index (χ3v) is 4.70. The minimum atomic E-state index is -4.33. The van der Waals surface area contributed by atoms with Gasteiger partial charge in [0, 0.05) is 18.5 Å². The zero-order valence-corrected chi connectivity index (χ0v) is 13.7. The predicted molar refractivity (Wildman–Crippen MR) is 90.6 cm³/mol. The Balaban J connectivity index is 1.68. The molecule has 0 radical (unpaired) electrons. The Labute approximate surface area is 145 Å². The number of halogens is 3. The van der Waals surface area contributed by atoms with Gasteiger partial charge in [-0.1, -0.05) is 48.5 Å². The average Bonchev–Trinajstić information content (AvgIpc) is 2.62. The zero-order chi connectivity index (χ0) is 17.9. The van der Waals surface area contributed by atoms with Gasteiger partial charge in [0.15, 0.2) is 5.78 Å². The third kappa shape index (κ3) is 4.48. The summed E-state index contributed by atoms with van der Waals surface area (Å²) in [4.78, 5) is 12.4. The maximum absolute atomic E-state index is 12.9. The van der Waals surface area contributed by atoms with Crippen molar-refractivity contribution in [2.75, 3.05) is 13.1 Å². The molecule has 2 atom stereocenters. The summed E-state index contributed by atoms with van der Waals surface area (Å²) in [5, 5.41) is 3.26. The molecule has 3 rings (SSSR count). The lowest BCUT2D eigenvalue weighted by atomic mass is 9.82. The van der Waals surface area contributed by atoms with Crippen molar-refractivity contribution in [1.29, 1.82) is 0 Å². The van der Waals surface area contributed by atoms with E-state index in [0.717, 1.165) is 6.07 Å². The summed E-state index contributed by atoms with van der Waals surface area (Å²) in [6.07, 6.45) is -3.21. The van der Waals surface area contributed by atoms with Crippen molar-refractivity contribution in [1.82, 2.24) is 5.32 Å². The van der Waals surface area contributed by atoms with Crippen molar-refractivity contribution >= 4 is 5.78 Å². The quantitative estimate of drug-likeness (QED) is 0.814. The number of hydrogen-bond acceptors (Lipinski definition) is 2. The molecule has 1 fully saturated rings. The van der Waals surface area contributed by atoms with Crippen LogP contribution in [-0.2, 0) is 6.18 Å². The first-order valence-electron chi connectivity index (χ1n) is 8.39. The number of alkyl halides is 3. The van der Waals surface area contributed by atoms with Gasteiger partial charge in [-0.05, 0) is 36.4 Å². The van der Waals surface area contributed by atoms with Crippen LogP contribution in [0.15, 0.2) is 54.6 Å². The SMILES string of the molecule is O=C(CC1CNCC(c2cccc(C(F)(F)F)c2)C1)c1ccccc1. The minimum absolute atomic E-state index is 0.00961. The molecule has 1 N–H and O–H groups in total. The Bertz CT molecular complexity index is 727. The largest absolute Gasteiger partial charge is 0.416 e. The van der Waals surface area contributed by atoms with Gasteiger partial charge in [0.05, 0.1) is 5.56 Å². The summed E-state index contributed by atoms with van der Waals surface area (Å²) in [6.45, 7) is 1.35. The highest BCUT2D eigenvalue weighted by Crippen LogP contribution is 2.34. The first-order valence-corrected chi connectivity index (χ1v) is 8.39. The molecule has 1 heterocycles. The fraction of sp³-hybridized carbons (Fsp3) is 0.350. The number of ketones is 1. The number of carbonyl (C=O) groups excluding carboxylic acids is 1. The minimum Gasteiger partial charge on any atom is -0.316 e. The highest BCUT2D eigenvalue weighted by Gasteiger charge is 2.32. The molecular weight excluding hydrogens is 327 g/mol. The number of nitrogens with one attached hydrogen (secondary N) is 1. The van der Waals surface area contributed by atoms with E-state index in [1.165, 1.54) is 12.1 Å². The van der Waals surface area contributed by atoms with Crippen LogP contribution in [0, 0.1) is 5.92 Å². The monoisotopic (exact) mass is 347 g/mol. The van der Waals surface area contributed by atoms with Crippen LogP contribution < -0.4 is 5.32 Å². The highest BCUT2D eigenvalue weighted by molar-refractivity contribution is 5.96. The second-order valence-corrected chi connectivity index (χ2v) is 6.57. The molecule has 1 saturated heterocycles. The lowest BCUT2D eigenvalue weighted by molar-refractivity contribution is -0.137. The summed E-state index contributed by atoms with van der Waals surface area (Å²) in [5.74, 6) is 0.197. The molecule has 132 valence electrons. The molecule has 5 heteroatoms. The normalized spacial score (nSPS) is 21.1. The lowest BCUT2D eigenvalue weighted by Crippen LogP contribution is -2.36. The van der Waals surface area contributed by atoms with E-state index in [0.29, 0.717) is 37.1 Å². The molecule has 0 saturated carbocycles. The molecule has 1 aliphatic rings. The molecule has 0 spiro atoms. The van der Waals surface area contributed by atoms with E-state index in [4.69, 9.17) is 0 Å². The van der Waals surface area contributed by atoms with E-state index >= 15 is 0 Å². The molecule has 2 aromatic carbocycles. The summed E-state index contributed by atoms with van der Waals surface area (Å²) < 4.78 is 38.7. The predicted octanol–water partition coefficient (Wildman–Crippen LogP) is 4.67. The molecule has 0 aliphatic carbocycles. The number of hydrogen-bond donors (Lipinski definition) is 1. The van der Waals surface area contributed by atoms with Crippen LogP contribution in [0.25, 0.3) is 0 Å². The van der Waals surface area contributed by atoms with Crippen LogP contribution in [0.3, 0.4) is 0 Å². The number of Topliss-reactive ketones (excluding diaryl/α,β-unsaturated/α-hetero) is 1. The van der Waals surface area contributed by atoms with Gasteiger partial charge in [-0.2, -0.15) is 13.2 Å². The maximum Gasteiger partial charge on any atom is 0.416 e. The van der Waals surface area contributed by atoms with Crippen molar-refractivity contribution in [3.05, 3.63) is 71.3 Å². The van der Waals surface area contributed by atoms with Crippen molar-refractivity contribution in [3.8, 4) is 0 Å². The number of carbonyl (C=O) groups is 1. The van der Waals surface area contributed by atoms with Gasteiger partial charge in [-0.15, -0.1) is 0 Å². The first-order chi connectivity index (χ1) is 11.9. The lowest BCUT2D eigenvalue weighted by Gasteiger charge is -2.30. The Morgan fingerprint density at radius 1 is 1.04 bits per heavy atom. The Morgan fingerprint density at radius 3 is 2.52 bits per heavy atom. The van der Waals surface area contributed by atoms with Gasteiger partial charge in [0.1, 0.15) is 0 Å². The fourth-order valence-electron chi connectivity index (χ4n) is 3.41. The van der Waals surface area contributed by atoms with Gasteiger partial charge in [0.25, 0.3) is 0 Å². The molecule has 0 aromatic heterocycles. The summed E-state index contributed by atoms with van der Waals surface area (Å²) in [5.41, 5.74) is 0.746. The summed E-state index contributed by atoms with van der Waals surface area (Å²) in [6, 6.07) is 14.6. The fourth-order valence-corrected chi connectivity index (χ4v) is 3.41. The van der Waals surface area contributed by atoms with Crippen molar-refractivity contribution < 1.29 is 18.0 Å². The van der Waals surface area contributed by atoms with Crippen molar-refractivity contribution in [3.63, 3.8) is 0 Å². The zero-order valence-electron chi connectivity index (χ0n) is 13.7. The molecule has 0 bridgehead atoms. The van der Waals surface area contributed by atoms with Gasteiger partial charge in [0.2, 0.25) is 0 Å². The third-order valence-electron chi connectivity index (χ3n) is 4.70. The second-order valence-electron chi connectivity index (χ2n) is 6.57. The molecule has 0 amide bonds. The van der Waals surface area contributed by atoms with E-state index < -0.39 is 11.7 Å². The van der Waals surface area contributed by atoms with Crippen molar-refractivity contribution in [2.24, 2.45) is 5.92 Å². The van der Waals surface area contributed by atoms with Gasteiger partial charge in [-0.25, -0.2) is 0 Å². The van der Waals surface area contributed by atoms with Crippen LogP contribution in [0.1, 0.15) is 40.2 Å². The standard InChI is InChI=1S/C20H20F3NO/c21-20(22,23)18-8-4-7-16(11-18)17-9-14(12-24-13-17)10-19(25)15-5-2-1-3-6-15/h1-8,11,14,17,24H,9-10,12-13H2. The van der Waals surface area contributed by atoms with E-state index in [1.54, 1.807) is 18.2 Å². The van der Waals surface area contributed by atoms with Crippen molar-refractivity contribution in [2.45, 2.75) is 24.9 Å². The van der Waals surface area contributed by atoms with E-state index in [-0.39, 0.29) is 17.6 Å². The molecular formula is C20H20F3NO. The van der Waals surface area contributed by atoms with Crippen LogP contribution in [0.2, 0.25) is 0 Å². The summed E-state index contributed by atoms with van der Waals surface area (Å²) >= 11 is 0. The molecule has 2 nitrogen and oxygen atoms in total. The number of piperidine rings is 1. The molecule has 25 heavy (non-hydrogen) atoms. The van der Waals surface area contributed by atoms with Crippen LogP contribution in [0.5, 0.6) is 0 Å². The number of benzene rings is 2. The first kappa shape index (κ1) is 17.7. The molecule has 2 unspecified atom stereocenters. The molecule has 1 aliphatic heterocycles. The maximum atomic E-state index is 12.9. The molecule has 2 aromatic rings. The Morgan fingerprint density at radius 2 is 1.80 bits per heavy atom. The Hall–Kier alpha value is -2.14. The van der Waals surface area contributed by atoms with Crippen LogP contribution >= 0.6 is 0 Å². The number of rotatable bonds is 4. The van der Waals surface area contributed by atoms with Gasteiger partial charge < -0.3 is 5.32 Å². The van der Waals surface area contributed by atoms with E-state index in [9.17, 15) is 18.0 Å². The highest BCUT2D eigenvalue weighted by atomic mass is 19.4. The van der Waals surface area contributed by atoms with Gasteiger partial charge >= 0.3 is 6.18 Å². The van der Waals surface area contributed by atoms with Crippen LogP contribution in [0.4, 0.5) is 13.2 Å².